The van der Waals surface area contributed by atoms with E-state index in [-0.39, 0.29) is 6.42 Å². The number of aromatic nitrogens is 2. The van der Waals surface area contributed by atoms with Crippen LogP contribution in [0.1, 0.15) is 15.4 Å². The maximum Gasteiger partial charge on any atom is 0.308 e. The fourth-order valence-electron chi connectivity index (χ4n) is 1.65. The Kier molecular flexibility index (Phi) is 4.11. The molecule has 96 valence electrons. The van der Waals surface area contributed by atoms with Crippen LogP contribution in [0.4, 0.5) is 0 Å². The molecule has 0 saturated carbocycles. The number of carboxylic acids is 1. The number of aliphatic carboxylic acids is 1. The summed E-state index contributed by atoms with van der Waals surface area (Å²) >= 11 is 1.54. The molecule has 0 aliphatic carbocycles. The van der Waals surface area contributed by atoms with Crippen molar-refractivity contribution in [2.45, 2.75) is 19.5 Å². The van der Waals surface area contributed by atoms with Crippen molar-refractivity contribution in [3.05, 3.63) is 39.8 Å². The van der Waals surface area contributed by atoms with Crippen LogP contribution in [-0.2, 0) is 31.4 Å². The molecule has 0 aliphatic heterocycles. The van der Waals surface area contributed by atoms with Gasteiger partial charge in [-0.3, -0.25) is 9.48 Å². The van der Waals surface area contributed by atoms with Crippen molar-refractivity contribution in [2.75, 3.05) is 0 Å². The zero-order valence-electron chi connectivity index (χ0n) is 10.1. The molecule has 0 saturated heterocycles. The Balaban J connectivity index is 1.82. The van der Waals surface area contributed by atoms with E-state index in [1.165, 1.54) is 11.3 Å². The Morgan fingerprint density at radius 2 is 2.17 bits per heavy atom. The van der Waals surface area contributed by atoms with Crippen LogP contribution in [0.2, 0.25) is 0 Å². The minimum absolute atomic E-state index is 0.104. The van der Waals surface area contributed by atoms with E-state index in [4.69, 9.17) is 5.11 Å². The Labute approximate surface area is 109 Å². The number of hydrogen-bond acceptors (Lipinski definition) is 4. The summed E-state index contributed by atoms with van der Waals surface area (Å²) in [5, 5.41) is 16.1. The van der Waals surface area contributed by atoms with E-state index in [1.807, 2.05) is 29.9 Å². The normalized spacial score (nSPS) is 10.7. The summed E-state index contributed by atoms with van der Waals surface area (Å²) in [6.45, 7) is 1.50. The first-order valence-corrected chi connectivity index (χ1v) is 6.44. The molecule has 0 amide bonds. The second kappa shape index (κ2) is 5.79. The number of nitrogens with one attached hydrogen (secondary N) is 1. The monoisotopic (exact) mass is 265 g/mol. The molecular formula is C12H15N3O2S. The van der Waals surface area contributed by atoms with Gasteiger partial charge in [0.2, 0.25) is 0 Å². The van der Waals surface area contributed by atoms with Gasteiger partial charge in [0.1, 0.15) is 0 Å². The summed E-state index contributed by atoms with van der Waals surface area (Å²) in [5.41, 5.74) is 1.12. The highest BCUT2D eigenvalue weighted by Gasteiger charge is 2.04. The average molecular weight is 265 g/mol. The molecule has 0 radical (unpaired) electrons. The van der Waals surface area contributed by atoms with Gasteiger partial charge in [-0.25, -0.2) is 0 Å². The van der Waals surface area contributed by atoms with Crippen LogP contribution in [0.25, 0.3) is 0 Å². The van der Waals surface area contributed by atoms with E-state index in [1.54, 1.807) is 6.20 Å². The van der Waals surface area contributed by atoms with Crippen molar-refractivity contribution < 1.29 is 9.90 Å². The van der Waals surface area contributed by atoms with Gasteiger partial charge < -0.3 is 10.4 Å². The summed E-state index contributed by atoms with van der Waals surface area (Å²) in [4.78, 5) is 12.6. The summed E-state index contributed by atoms with van der Waals surface area (Å²) < 4.78 is 1.83. The minimum atomic E-state index is -0.786. The lowest BCUT2D eigenvalue weighted by molar-refractivity contribution is -0.136. The molecule has 0 aliphatic rings. The van der Waals surface area contributed by atoms with Gasteiger partial charge in [-0.05, 0) is 18.2 Å². The molecule has 2 aromatic heterocycles. The van der Waals surface area contributed by atoms with Gasteiger partial charge in [-0.2, -0.15) is 5.10 Å². The number of thiophene rings is 1. The van der Waals surface area contributed by atoms with Crippen LogP contribution in [0.3, 0.4) is 0 Å². The number of carboxylic acid groups (broad SMARTS) is 1. The van der Waals surface area contributed by atoms with Crippen molar-refractivity contribution in [1.29, 1.82) is 0 Å². The zero-order valence-corrected chi connectivity index (χ0v) is 10.9. The second-order valence-electron chi connectivity index (χ2n) is 3.99. The predicted molar refractivity (Wildman–Crippen MR) is 69.4 cm³/mol. The van der Waals surface area contributed by atoms with Gasteiger partial charge in [-0.15, -0.1) is 11.3 Å². The topological polar surface area (TPSA) is 67.2 Å². The molecule has 2 aromatic rings. The van der Waals surface area contributed by atoms with Gasteiger partial charge in [0, 0.05) is 36.1 Å². The molecular weight excluding hydrogens is 250 g/mol. The molecule has 6 heteroatoms. The molecule has 0 aromatic carbocycles. The number of aryl methyl sites for hydroxylation is 1. The maximum atomic E-state index is 10.6. The van der Waals surface area contributed by atoms with Crippen molar-refractivity contribution >= 4 is 17.3 Å². The number of carbonyl (C=O) groups is 1. The number of nitrogens with zero attached hydrogens (tertiary/aromatic N) is 2. The third-order valence-corrected chi connectivity index (χ3v) is 3.66. The minimum Gasteiger partial charge on any atom is -0.481 e. The van der Waals surface area contributed by atoms with Gasteiger partial charge in [0.05, 0.1) is 12.1 Å². The quantitative estimate of drug-likeness (QED) is 0.828. The van der Waals surface area contributed by atoms with E-state index in [0.717, 1.165) is 28.5 Å². The molecule has 0 spiro atoms. The molecule has 5 nitrogen and oxygen atoms in total. The number of hydrogen-bond donors (Lipinski definition) is 2. The van der Waals surface area contributed by atoms with Crippen LogP contribution in [0, 0.1) is 0 Å². The molecule has 0 unspecified atom stereocenters. The predicted octanol–water partition coefficient (Wildman–Crippen LogP) is 1.40. The molecule has 2 heterocycles. The van der Waals surface area contributed by atoms with E-state index in [0.29, 0.717) is 0 Å². The fraction of sp³-hybridized carbons (Fsp3) is 0.333. The maximum absolute atomic E-state index is 10.6. The first kappa shape index (κ1) is 12.8. The molecule has 0 fully saturated rings. The standard InChI is InChI=1S/C12H15N3O2S/c1-15-9(4-5-14-15)7-13-8-11-3-2-10(18-11)6-12(16)17/h2-5,13H,6-8H2,1H3,(H,16,17). The lowest BCUT2D eigenvalue weighted by atomic mass is 10.3. The van der Waals surface area contributed by atoms with Gasteiger partial charge >= 0.3 is 5.97 Å². The van der Waals surface area contributed by atoms with Crippen LogP contribution in [-0.4, -0.2) is 20.9 Å². The van der Waals surface area contributed by atoms with E-state index in [2.05, 4.69) is 10.4 Å². The van der Waals surface area contributed by atoms with Crippen LogP contribution in [0.5, 0.6) is 0 Å². The van der Waals surface area contributed by atoms with Crippen molar-refractivity contribution in [2.24, 2.45) is 7.05 Å². The van der Waals surface area contributed by atoms with Crippen molar-refractivity contribution in [3.63, 3.8) is 0 Å². The van der Waals surface area contributed by atoms with Gasteiger partial charge in [0.25, 0.3) is 0 Å². The molecule has 0 atom stereocenters. The van der Waals surface area contributed by atoms with Crippen molar-refractivity contribution in [3.8, 4) is 0 Å². The van der Waals surface area contributed by atoms with E-state index in [9.17, 15) is 4.79 Å². The van der Waals surface area contributed by atoms with E-state index < -0.39 is 5.97 Å². The number of rotatable bonds is 6. The Morgan fingerprint density at radius 3 is 2.83 bits per heavy atom. The van der Waals surface area contributed by atoms with Gasteiger partial charge in [0.15, 0.2) is 0 Å². The highest BCUT2D eigenvalue weighted by Crippen LogP contribution is 2.16. The molecule has 18 heavy (non-hydrogen) atoms. The smallest absolute Gasteiger partial charge is 0.308 e. The van der Waals surface area contributed by atoms with E-state index >= 15 is 0 Å². The highest BCUT2D eigenvalue weighted by atomic mass is 32.1. The highest BCUT2D eigenvalue weighted by molar-refractivity contribution is 7.12. The van der Waals surface area contributed by atoms with Crippen molar-refractivity contribution in [1.82, 2.24) is 15.1 Å². The Morgan fingerprint density at radius 1 is 1.39 bits per heavy atom. The second-order valence-corrected chi connectivity index (χ2v) is 5.24. The van der Waals surface area contributed by atoms with Crippen LogP contribution < -0.4 is 5.32 Å². The Hall–Kier alpha value is -1.66. The van der Waals surface area contributed by atoms with Gasteiger partial charge in [-0.1, -0.05) is 0 Å². The lowest BCUT2D eigenvalue weighted by Gasteiger charge is -2.03. The molecule has 0 bridgehead atoms. The van der Waals surface area contributed by atoms with Crippen LogP contribution >= 0.6 is 11.3 Å². The molecule has 2 rings (SSSR count). The fourth-order valence-corrected chi connectivity index (χ4v) is 2.63. The Bertz CT molecular complexity index is 533. The summed E-state index contributed by atoms with van der Waals surface area (Å²) in [5.74, 6) is -0.786. The first-order chi connectivity index (χ1) is 8.65. The summed E-state index contributed by atoms with van der Waals surface area (Å²) in [7, 11) is 1.91. The zero-order chi connectivity index (χ0) is 13.0. The largest absolute Gasteiger partial charge is 0.481 e. The molecule has 2 N–H and O–H groups in total. The lowest BCUT2D eigenvalue weighted by Crippen LogP contribution is -2.14. The third-order valence-electron chi connectivity index (χ3n) is 2.57. The SMILES string of the molecule is Cn1nccc1CNCc1ccc(CC(=O)O)s1. The third kappa shape index (κ3) is 3.41. The first-order valence-electron chi connectivity index (χ1n) is 5.62. The average Bonchev–Trinajstić information content (AvgIpc) is 2.89. The summed E-state index contributed by atoms with van der Waals surface area (Å²) in [6.07, 6.45) is 1.87. The summed E-state index contributed by atoms with van der Waals surface area (Å²) in [6, 6.07) is 5.82. The van der Waals surface area contributed by atoms with Crippen LogP contribution in [0.15, 0.2) is 24.4 Å².